The van der Waals surface area contributed by atoms with Crippen LogP contribution in [0.3, 0.4) is 0 Å². The molecule has 0 radical (unpaired) electrons. The van der Waals surface area contributed by atoms with Crippen LogP contribution in [0.2, 0.25) is 5.02 Å². The Labute approximate surface area is 221 Å². The van der Waals surface area contributed by atoms with Gasteiger partial charge in [-0.2, -0.15) is 0 Å². The van der Waals surface area contributed by atoms with E-state index in [1.807, 2.05) is 54.8 Å². The van der Waals surface area contributed by atoms with Gasteiger partial charge < -0.3 is 0 Å². The van der Waals surface area contributed by atoms with Crippen LogP contribution in [0.15, 0.2) is 91.0 Å². The third kappa shape index (κ3) is 5.01. The van der Waals surface area contributed by atoms with Crippen LogP contribution >= 0.6 is 11.6 Å². The minimum absolute atomic E-state index is 0.227. The second kappa shape index (κ2) is 10.2. The topological polar surface area (TPSA) is 72.3 Å². The first-order chi connectivity index (χ1) is 17.8. The summed E-state index contributed by atoms with van der Waals surface area (Å²) >= 11 is 6.74. The van der Waals surface area contributed by atoms with Gasteiger partial charge in [0.25, 0.3) is 5.91 Å². The second-order valence-electron chi connectivity index (χ2n) is 8.84. The van der Waals surface area contributed by atoms with Gasteiger partial charge in [0.1, 0.15) is 5.82 Å². The Morgan fingerprint density at radius 1 is 0.892 bits per heavy atom. The van der Waals surface area contributed by atoms with Crippen molar-refractivity contribution in [3.05, 3.63) is 124 Å². The van der Waals surface area contributed by atoms with Crippen molar-refractivity contribution < 1.29 is 13.2 Å². The molecule has 6 nitrogen and oxygen atoms in total. The number of halogens is 1. The summed E-state index contributed by atoms with van der Waals surface area (Å²) in [6.45, 7) is 3.76. The lowest BCUT2D eigenvalue weighted by molar-refractivity contribution is 0.101. The van der Waals surface area contributed by atoms with Gasteiger partial charge in [-0.1, -0.05) is 65.7 Å². The van der Waals surface area contributed by atoms with Gasteiger partial charge in [0.2, 0.25) is 10.9 Å². The van der Waals surface area contributed by atoms with Crippen molar-refractivity contribution in [3.8, 4) is 5.69 Å². The molecule has 0 aliphatic rings. The van der Waals surface area contributed by atoms with Crippen molar-refractivity contribution in [2.75, 3.05) is 4.31 Å². The van der Waals surface area contributed by atoms with Crippen LogP contribution in [0.5, 0.6) is 0 Å². The zero-order valence-corrected chi connectivity index (χ0v) is 21.9. The highest BCUT2D eigenvalue weighted by atomic mass is 35.5. The second-order valence-corrected chi connectivity index (χ2v) is 10.1. The Morgan fingerprint density at radius 2 is 1.62 bits per heavy atom. The third-order valence-corrected chi connectivity index (χ3v) is 7.25. The summed E-state index contributed by atoms with van der Waals surface area (Å²) in [6.07, 6.45) is 0.755. The summed E-state index contributed by atoms with van der Waals surface area (Å²) in [5, 5.41) is 0.552. The molecule has 0 atom stereocenters. The van der Waals surface area contributed by atoms with Crippen LogP contribution in [-0.2, 0) is 17.3 Å². The molecule has 1 amide bonds. The van der Waals surface area contributed by atoms with E-state index in [-0.39, 0.29) is 11.3 Å². The van der Waals surface area contributed by atoms with E-state index in [4.69, 9.17) is 11.6 Å². The van der Waals surface area contributed by atoms with Gasteiger partial charge in [-0.3, -0.25) is 9.36 Å². The number of amides is 1. The minimum Gasteiger partial charge on any atom is -0.295 e. The number of aromatic nitrogens is 2. The first-order valence-corrected chi connectivity index (χ1v) is 13.2. The molecule has 0 spiro atoms. The number of benzene rings is 4. The van der Waals surface area contributed by atoms with Gasteiger partial charge in [-0.25, -0.2) is 17.7 Å². The van der Waals surface area contributed by atoms with Crippen LogP contribution in [-0.4, -0.2) is 23.9 Å². The Bertz CT molecular complexity index is 1690. The fourth-order valence-electron chi connectivity index (χ4n) is 4.40. The zero-order chi connectivity index (χ0) is 26.1. The van der Waals surface area contributed by atoms with E-state index in [1.54, 1.807) is 42.5 Å². The van der Waals surface area contributed by atoms with Crippen LogP contribution in [0.25, 0.3) is 16.7 Å². The van der Waals surface area contributed by atoms with Gasteiger partial charge in [-0.15, -0.1) is 0 Å². The van der Waals surface area contributed by atoms with Crippen LogP contribution in [0.4, 0.5) is 5.69 Å². The highest BCUT2D eigenvalue weighted by Gasteiger charge is 2.22. The number of carbonyl (C=O) groups excluding carboxylic acids is 1. The largest absolute Gasteiger partial charge is 0.295 e. The third-order valence-electron chi connectivity index (χ3n) is 6.21. The molecule has 0 unspecified atom stereocenters. The quantitative estimate of drug-likeness (QED) is 0.271. The van der Waals surface area contributed by atoms with Crippen LogP contribution in [0.1, 0.15) is 32.9 Å². The number of nitrogens with zero attached hydrogens (tertiary/aromatic N) is 3. The van der Waals surface area contributed by atoms with Gasteiger partial charge in [-0.05, 0) is 73.9 Å². The number of aryl methyl sites for hydroxylation is 2. The maximum Gasteiger partial charge on any atom is 0.271 e. The summed E-state index contributed by atoms with van der Waals surface area (Å²) in [5.41, 5.74) is 5.80. The normalized spacial score (nSPS) is 11.2. The Kier molecular flexibility index (Phi) is 6.82. The lowest BCUT2D eigenvalue weighted by atomic mass is 10.0. The fourth-order valence-corrected chi connectivity index (χ4v) is 5.27. The summed E-state index contributed by atoms with van der Waals surface area (Å²) < 4.78 is 26.8. The molecule has 0 fully saturated rings. The van der Waals surface area contributed by atoms with Gasteiger partial charge >= 0.3 is 0 Å². The van der Waals surface area contributed by atoms with Crippen molar-refractivity contribution in [2.45, 2.75) is 20.3 Å². The molecule has 186 valence electrons. The summed E-state index contributed by atoms with van der Waals surface area (Å²) in [6, 6.07) is 27.8. The summed E-state index contributed by atoms with van der Waals surface area (Å²) in [7, 11) is -3.19. The van der Waals surface area contributed by atoms with E-state index in [0.29, 0.717) is 21.9 Å². The van der Waals surface area contributed by atoms with E-state index in [2.05, 4.69) is 17.1 Å². The molecule has 5 rings (SSSR count). The molecule has 0 aliphatic heterocycles. The van der Waals surface area contributed by atoms with Crippen molar-refractivity contribution in [2.24, 2.45) is 0 Å². The lowest BCUT2D eigenvalue weighted by Crippen LogP contribution is -2.29. The number of hydrogen-bond acceptors (Lipinski definition) is 4. The summed E-state index contributed by atoms with van der Waals surface area (Å²) in [4.78, 5) is 18.0. The van der Waals surface area contributed by atoms with Crippen LogP contribution < -0.4 is 4.31 Å². The number of anilines is 1. The molecule has 37 heavy (non-hydrogen) atoms. The van der Waals surface area contributed by atoms with E-state index < -0.39 is 16.8 Å². The van der Waals surface area contributed by atoms with E-state index in [9.17, 15) is 13.2 Å². The van der Waals surface area contributed by atoms with E-state index >= 15 is 0 Å². The molecule has 0 saturated heterocycles. The Balaban J connectivity index is 1.54. The number of thiol groups is 1. The molecule has 4 aromatic carbocycles. The standard InChI is InChI=1S/C29H24ClN3O3S/c1-19-8-12-24(13-9-19)33(37(35)36)29(34)23-11-14-26-28(18-23)32(20(2)31-26)27-15-10-22(17-25(27)30)16-21-6-4-3-5-7-21/h3-15,17-18,37H,16H2,1-2H3. The van der Waals surface area contributed by atoms with E-state index in [1.165, 1.54) is 5.56 Å². The Hall–Kier alpha value is -3.94. The average molecular weight is 530 g/mol. The number of imidazole rings is 1. The van der Waals surface area contributed by atoms with E-state index in [0.717, 1.165) is 27.5 Å². The maximum atomic E-state index is 13.3. The van der Waals surface area contributed by atoms with Crippen molar-refractivity contribution in [1.29, 1.82) is 0 Å². The average Bonchev–Trinajstić information content (AvgIpc) is 3.20. The number of fused-ring (bicyclic) bond motifs is 1. The van der Waals surface area contributed by atoms with Crippen molar-refractivity contribution in [3.63, 3.8) is 0 Å². The fraction of sp³-hybridized carbons (Fsp3) is 0.103. The smallest absolute Gasteiger partial charge is 0.271 e. The zero-order valence-electron chi connectivity index (χ0n) is 20.3. The highest BCUT2D eigenvalue weighted by Crippen LogP contribution is 2.30. The van der Waals surface area contributed by atoms with Gasteiger partial charge in [0.05, 0.1) is 27.4 Å². The van der Waals surface area contributed by atoms with Gasteiger partial charge in [0.15, 0.2) is 0 Å². The molecule has 8 heteroatoms. The van der Waals surface area contributed by atoms with Crippen molar-refractivity contribution >= 4 is 45.1 Å². The minimum atomic E-state index is -3.19. The summed E-state index contributed by atoms with van der Waals surface area (Å²) in [5.74, 6) is 0.0548. The SMILES string of the molecule is Cc1ccc(N(C(=O)c2ccc3nc(C)n(-c4ccc(Cc5ccccc5)cc4Cl)c3c2)[SH](=O)=O)cc1. The molecule has 1 heterocycles. The molecule has 0 N–H and O–H groups in total. The first kappa shape index (κ1) is 24.7. The molecule has 0 aliphatic carbocycles. The monoisotopic (exact) mass is 529 g/mol. The predicted octanol–water partition coefficient (Wildman–Crippen LogP) is 6.06. The number of hydrogen-bond donors (Lipinski definition) is 1. The number of rotatable bonds is 6. The molecular formula is C29H24ClN3O3S. The molecule has 0 bridgehead atoms. The maximum absolute atomic E-state index is 13.3. The van der Waals surface area contributed by atoms with Crippen molar-refractivity contribution in [1.82, 2.24) is 9.55 Å². The molecule has 1 aromatic heterocycles. The van der Waals surface area contributed by atoms with Crippen LogP contribution in [0, 0.1) is 13.8 Å². The first-order valence-electron chi connectivity index (χ1n) is 11.7. The highest BCUT2D eigenvalue weighted by molar-refractivity contribution is 7.75. The Morgan fingerprint density at radius 3 is 2.30 bits per heavy atom. The van der Waals surface area contributed by atoms with Gasteiger partial charge in [0, 0.05) is 5.56 Å². The lowest BCUT2D eigenvalue weighted by Gasteiger charge is -2.16. The molecule has 5 aromatic rings. The number of carbonyl (C=O) groups is 1. The molecular weight excluding hydrogens is 506 g/mol. The molecule has 0 saturated carbocycles. The predicted molar refractivity (Wildman–Crippen MR) is 148 cm³/mol.